The topological polar surface area (TPSA) is 150 Å². The molecular weight excluding hydrogens is 424 g/mol. The van der Waals surface area contributed by atoms with Gasteiger partial charge in [-0.25, -0.2) is 27.9 Å². The van der Waals surface area contributed by atoms with Gasteiger partial charge in [0.1, 0.15) is 6.33 Å². The summed E-state index contributed by atoms with van der Waals surface area (Å²) in [6.45, 7) is 3.21. The van der Waals surface area contributed by atoms with E-state index in [1.165, 1.54) is 40.1 Å². The SMILES string of the molecule is CCc1c(C(=O)OCC(=O)N2c3ccc(S(N)(=O)=O)cc3CC2C)cnc2ncnn12. The number of rotatable bonds is 5. The zero-order chi connectivity index (χ0) is 22.3. The average Bonchev–Trinajstić information content (AvgIpc) is 3.33. The molecule has 12 heteroatoms. The van der Waals surface area contributed by atoms with Crippen LogP contribution in [-0.2, 0) is 32.4 Å². The summed E-state index contributed by atoms with van der Waals surface area (Å²) in [6, 6.07) is 4.13. The molecule has 3 heterocycles. The molecule has 0 bridgehead atoms. The lowest BCUT2D eigenvalue weighted by Gasteiger charge is -2.22. The predicted molar refractivity (Wildman–Crippen MR) is 109 cm³/mol. The van der Waals surface area contributed by atoms with Gasteiger partial charge in [-0.2, -0.15) is 10.1 Å². The van der Waals surface area contributed by atoms with Gasteiger partial charge >= 0.3 is 5.97 Å². The maximum Gasteiger partial charge on any atom is 0.342 e. The number of aromatic nitrogens is 4. The van der Waals surface area contributed by atoms with E-state index in [1.807, 2.05) is 13.8 Å². The highest BCUT2D eigenvalue weighted by Gasteiger charge is 2.32. The number of hydrogen-bond donors (Lipinski definition) is 1. The molecule has 0 saturated carbocycles. The molecule has 1 aromatic carbocycles. The molecule has 1 atom stereocenters. The number of nitrogens with two attached hydrogens (primary N) is 1. The Morgan fingerprint density at radius 1 is 1.29 bits per heavy atom. The van der Waals surface area contributed by atoms with Crippen molar-refractivity contribution in [3.8, 4) is 0 Å². The van der Waals surface area contributed by atoms with Crippen LogP contribution in [0.4, 0.5) is 5.69 Å². The number of amides is 1. The quantitative estimate of drug-likeness (QED) is 0.558. The summed E-state index contributed by atoms with van der Waals surface area (Å²) < 4.78 is 29.9. The van der Waals surface area contributed by atoms with Gasteiger partial charge in [-0.3, -0.25) is 4.79 Å². The number of anilines is 1. The fraction of sp³-hybridized carbons (Fsp3) is 0.316. The maximum absolute atomic E-state index is 12.8. The van der Waals surface area contributed by atoms with Crippen LogP contribution in [0.1, 0.15) is 35.5 Å². The van der Waals surface area contributed by atoms with E-state index in [4.69, 9.17) is 9.88 Å². The Labute approximate surface area is 177 Å². The molecule has 1 aliphatic heterocycles. The van der Waals surface area contributed by atoms with Crippen molar-refractivity contribution in [1.29, 1.82) is 0 Å². The summed E-state index contributed by atoms with van der Waals surface area (Å²) in [5.41, 5.74) is 2.05. The van der Waals surface area contributed by atoms with Gasteiger partial charge in [0.2, 0.25) is 10.0 Å². The third-order valence-corrected chi connectivity index (χ3v) is 6.06. The first-order valence-electron chi connectivity index (χ1n) is 9.53. The Bertz CT molecular complexity index is 1300. The average molecular weight is 444 g/mol. The molecular formula is C19H20N6O5S. The highest BCUT2D eigenvalue weighted by Crippen LogP contribution is 2.33. The summed E-state index contributed by atoms with van der Waals surface area (Å²) in [7, 11) is -3.84. The van der Waals surface area contributed by atoms with Gasteiger partial charge in [0.15, 0.2) is 6.61 Å². The van der Waals surface area contributed by atoms with Gasteiger partial charge in [0.25, 0.3) is 11.7 Å². The van der Waals surface area contributed by atoms with Crippen molar-refractivity contribution in [2.24, 2.45) is 5.14 Å². The highest BCUT2D eigenvalue weighted by molar-refractivity contribution is 7.89. The Balaban J connectivity index is 1.52. The number of nitrogens with zero attached hydrogens (tertiary/aromatic N) is 5. The minimum absolute atomic E-state index is 0.0118. The van der Waals surface area contributed by atoms with Crippen LogP contribution >= 0.6 is 0 Å². The largest absolute Gasteiger partial charge is 0.452 e. The molecule has 1 amide bonds. The van der Waals surface area contributed by atoms with E-state index in [-0.39, 0.29) is 16.5 Å². The van der Waals surface area contributed by atoms with Crippen LogP contribution in [0.3, 0.4) is 0 Å². The molecule has 31 heavy (non-hydrogen) atoms. The van der Waals surface area contributed by atoms with Crippen LogP contribution in [0, 0.1) is 0 Å². The Morgan fingerprint density at radius 2 is 2.06 bits per heavy atom. The Kier molecular flexibility index (Phi) is 5.19. The van der Waals surface area contributed by atoms with Crippen LogP contribution in [0.5, 0.6) is 0 Å². The summed E-state index contributed by atoms with van der Waals surface area (Å²) in [5.74, 6) is -0.742. The number of primary sulfonamides is 1. The first-order valence-corrected chi connectivity index (χ1v) is 11.1. The van der Waals surface area contributed by atoms with Gasteiger partial charge in [-0.15, -0.1) is 0 Å². The number of benzene rings is 1. The summed E-state index contributed by atoms with van der Waals surface area (Å²) in [6.07, 6.45) is 3.65. The normalized spacial score (nSPS) is 15.8. The molecule has 2 aromatic heterocycles. The van der Waals surface area contributed by atoms with Crippen molar-refractivity contribution in [1.82, 2.24) is 19.6 Å². The molecule has 11 nitrogen and oxygen atoms in total. The molecule has 0 fully saturated rings. The number of fused-ring (bicyclic) bond motifs is 2. The van der Waals surface area contributed by atoms with Gasteiger partial charge in [0.05, 0.1) is 16.2 Å². The zero-order valence-corrected chi connectivity index (χ0v) is 17.7. The lowest BCUT2D eigenvalue weighted by atomic mass is 10.1. The number of aryl methyl sites for hydroxylation is 1. The van der Waals surface area contributed by atoms with E-state index in [1.54, 1.807) is 0 Å². The molecule has 0 saturated heterocycles. The number of ether oxygens (including phenoxy) is 1. The highest BCUT2D eigenvalue weighted by atomic mass is 32.2. The van der Waals surface area contributed by atoms with Crippen molar-refractivity contribution in [2.45, 2.75) is 37.6 Å². The van der Waals surface area contributed by atoms with Gasteiger partial charge in [0, 0.05) is 17.9 Å². The second-order valence-electron chi connectivity index (χ2n) is 7.17. The number of sulfonamides is 1. The van der Waals surface area contributed by atoms with Crippen LogP contribution < -0.4 is 10.0 Å². The van der Waals surface area contributed by atoms with Crippen LogP contribution in [0.15, 0.2) is 35.6 Å². The third-order valence-electron chi connectivity index (χ3n) is 5.15. The van der Waals surface area contributed by atoms with Crippen molar-refractivity contribution in [3.63, 3.8) is 0 Å². The fourth-order valence-electron chi connectivity index (χ4n) is 3.77. The Hall–Kier alpha value is -3.38. The van der Waals surface area contributed by atoms with Gasteiger partial charge in [-0.05, 0) is 43.5 Å². The molecule has 0 radical (unpaired) electrons. The van der Waals surface area contributed by atoms with Gasteiger partial charge in [-0.1, -0.05) is 6.92 Å². The third kappa shape index (κ3) is 3.75. The Morgan fingerprint density at radius 3 is 2.77 bits per heavy atom. The monoisotopic (exact) mass is 444 g/mol. The minimum atomic E-state index is -3.84. The van der Waals surface area contributed by atoms with Crippen molar-refractivity contribution in [2.75, 3.05) is 11.5 Å². The minimum Gasteiger partial charge on any atom is -0.452 e. The van der Waals surface area contributed by atoms with Crippen LogP contribution in [0.25, 0.3) is 5.78 Å². The van der Waals surface area contributed by atoms with Crippen molar-refractivity contribution < 1.29 is 22.7 Å². The second kappa shape index (κ2) is 7.71. The molecule has 1 aliphatic rings. The number of esters is 1. The first-order chi connectivity index (χ1) is 14.7. The van der Waals surface area contributed by atoms with E-state index in [0.717, 1.165) is 0 Å². The van der Waals surface area contributed by atoms with Crippen LogP contribution in [0.2, 0.25) is 0 Å². The van der Waals surface area contributed by atoms with Gasteiger partial charge < -0.3 is 9.64 Å². The summed E-state index contributed by atoms with van der Waals surface area (Å²) in [5, 5.41) is 9.25. The number of carbonyl (C=O) groups excluding carboxylic acids is 2. The lowest BCUT2D eigenvalue weighted by molar-refractivity contribution is -0.122. The molecule has 0 aliphatic carbocycles. The van der Waals surface area contributed by atoms with E-state index in [9.17, 15) is 18.0 Å². The summed E-state index contributed by atoms with van der Waals surface area (Å²) >= 11 is 0. The molecule has 3 aromatic rings. The van der Waals surface area contributed by atoms with Crippen LogP contribution in [-0.4, -0.2) is 52.5 Å². The second-order valence-corrected chi connectivity index (χ2v) is 8.73. The molecule has 0 spiro atoms. The van der Waals surface area contributed by atoms with E-state index < -0.39 is 28.5 Å². The van der Waals surface area contributed by atoms with E-state index in [0.29, 0.717) is 35.6 Å². The molecule has 162 valence electrons. The van der Waals surface area contributed by atoms with E-state index in [2.05, 4.69) is 15.1 Å². The molecule has 1 unspecified atom stereocenters. The van der Waals surface area contributed by atoms with Crippen molar-refractivity contribution in [3.05, 3.63) is 47.5 Å². The first kappa shape index (κ1) is 20.9. The maximum atomic E-state index is 12.8. The number of hydrogen-bond acceptors (Lipinski definition) is 8. The number of carbonyl (C=O) groups is 2. The smallest absolute Gasteiger partial charge is 0.342 e. The lowest BCUT2D eigenvalue weighted by Crippen LogP contribution is -2.38. The van der Waals surface area contributed by atoms with Crippen molar-refractivity contribution >= 4 is 33.4 Å². The molecule has 4 rings (SSSR count). The standard InChI is InChI=1S/C19H20N6O5S/c1-3-15-14(8-21-19-22-10-23-25(15)19)18(27)30-9-17(26)24-11(2)6-12-7-13(31(20,28)29)4-5-16(12)24/h4-5,7-8,10-11H,3,6,9H2,1-2H3,(H2,20,28,29). The molecule has 2 N–H and O–H groups in total. The van der Waals surface area contributed by atoms with E-state index >= 15 is 0 Å². The zero-order valence-electron chi connectivity index (χ0n) is 16.8. The predicted octanol–water partition coefficient (Wildman–Crippen LogP) is 0.469. The fourth-order valence-corrected chi connectivity index (χ4v) is 4.34. The summed E-state index contributed by atoms with van der Waals surface area (Å²) in [4.78, 5) is 35.0.